The van der Waals surface area contributed by atoms with Gasteiger partial charge in [0.1, 0.15) is 11.4 Å². The third kappa shape index (κ3) is 1.38. The van der Waals surface area contributed by atoms with Crippen molar-refractivity contribution in [3.05, 3.63) is 0 Å². The summed E-state index contributed by atoms with van der Waals surface area (Å²) in [5.74, 6) is -0.776. The molecule has 0 aliphatic carbocycles. The molecule has 0 aromatic carbocycles. The highest BCUT2D eigenvalue weighted by Crippen LogP contribution is 2.30. The zero-order valence-electron chi connectivity index (χ0n) is 7.16. The van der Waals surface area contributed by atoms with Crippen molar-refractivity contribution in [2.24, 2.45) is 0 Å². The van der Waals surface area contributed by atoms with E-state index in [1.807, 2.05) is 0 Å². The molecule has 1 aliphatic rings. The van der Waals surface area contributed by atoms with Crippen molar-refractivity contribution < 1.29 is 17.4 Å². The van der Waals surface area contributed by atoms with Gasteiger partial charge in [-0.15, -0.1) is 0 Å². The summed E-state index contributed by atoms with van der Waals surface area (Å²) in [4.78, 5) is 11.3. The number of ketones is 1. The first-order chi connectivity index (χ1) is 5.46. The Labute approximate surface area is 72.0 Å². The van der Waals surface area contributed by atoms with Gasteiger partial charge in [-0.3, -0.25) is 8.98 Å². The van der Waals surface area contributed by atoms with E-state index in [1.54, 1.807) is 13.8 Å². The fraction of sp³-hybridized carbons (Fsp3) is 0.857. The summed E-state index contributed by atoms with van der Waals surface area (Å²) >= 11 is 0. The van der Waals surface area contributed by atoms with Gasteiger partial charge < -0.3 is 0 Å². The first-order valence-electron chi connectivity index (χ1n) is 3.92. The molecule has 0 aromatic rings. The zero-order chi connectivity index (χ0) is 9.41. The molecule has 0 unspecified atom stereocenters. The molecule has 1 saturated heterocycles. The van der Waals surface area contributed by atoms with Crippen LogP contribution in [0.25, 0.3) is 0 Å². The molecule has 0 aromatic heterocycles. The second-order valence-corrected chi connectivity index (χ2v) is 4.48. The smallest absolute Gasteiger partial charge is 0.275 e. The predicted molar refractivity (Wildman–Crippen MR) is 43.2 cm³/mol. The minimum Gasteiger partial charge on any atom is -0.295 e. The Kier molecular flexibility index (Phi) is 2.27. The van der Waals surface area contributed by atoms with Gasteiger partial charge in [-0.1, -0.05) is 13.8 Å². The van der Waals surface area contributed by atoms with E-state index in [-0.39, 0.29) is 5.78 Å². The molecular formula is C7H12O4S. The first kappa shape index (κ1) is 9.67. The molecule has 0 N–H and O–H groups in total. The molecule has 70 valence electrons. The Morgan fingerprint density at radius 2 is 1.92 bits per heavy atom. The maximum absolute atomic E-state index is 11.3. The van der Waals surface area contributed by atoms with Crippen molar-refractivity contribution in [1.29, 1.82) is 0 Å². The Bertz CT molecular complexity index is 287. The van der Waals surface area contributed by atoms with Crippen LogP contribution >= 0.6 is 0 Å². The van der Waals surface area contributed by atoms with Crippen molar-refractivity contribution in [2.45, 2.75) is 32.3 Å². The van der Waals surface area contributed by atoms with Crippen LogP contribution in [0.15, 0.2) is 0 Å². The van der Waals surface area contributed by atoms with Crippen LogP contribution in [0, 0.1) is 0 Å². The Morgan fingerprint density at radius 3 is 2.08 bits per heavy atom. The van der Waals surface area contributed by atoms with Gasteiger partial charge in [0.25, 0.3) is 10.1 Å². The number of carbonyl (C=O) groups excluding carboxylic acids is 1. The van der Waals surface area contributed by atoms with Crippen LogP contribution < -0.4 is 0 Å². The fourth-order valence-corrected chi connectivity index (χ4v) is 2.83. The topological polar surface area (TPSA) is 60.4 Å². The largest absolute Gasteiger partial charge is 0.295 e. The van der Waals surface area contributed by atoms with Gasteiger partial charge in [0.15, 0.2) is 5.78 Å². The highest BCUT2D eigenvalue weighted by molar-refractivity contribution is 7.88. The maximum atomic E-state index is 11.3. The average molecular weight is 192 g/mol. The summed E-state index contributed by atoms with van der Waals surface area (Å²) in [6.07, 6.45) is 0.836. The molecule has 4 nitrogen and oxygen atoms in total. The van der Waals surface area contributed by atoms with E-state index < -0.39 is 21.5 Å². The summed E-state index contributed by atoms with van der Waals surface area (Å²) in [7, 11) is -3.58. The van der Waals surface area contributed by atoms with E-state index in [4.69, 9.17) is 4.18 Å². The lowest BCUT2D eigenvalue weighted by Gasteiger charge is -2.20. The number of Topliss-reactive ketones (excluding diaryl/α,β-unsaturated/α-hetero) is 1. The van der Waals surface area contributed by atoms with Gasteiger partial charge in [-0.05, 0) is 12.8 Å². The molecule has 1 aliphatic heterocycles. The van der Waals surface area contributed by atoms with Crippen LogP contribution in [-0.4, -0.2) is 25.6 Å². The third-order valence-corrected chi connectivity index (χ3v) is 3.43. The Balaban J connectivity index is 3.02. The van der Waals surface area contributed by atoms with Crippen LogP contribution in [-0.2, 0) is 19.1 Å². The average Bonchev–Trinajstić information content (AvgIpc) is 2.21. The van der Waals surface area contributed by atoms with Crippen LogP contribution in [0.5, 0.6) is 0 Å². The standard InChI is InChI=1S/C7H12O4S/c1-3-7(4-2)6(8)5-12(9,10)11-7/h3-5H2,1-2H3. The lowest BCUT2D eigenvalue weighted by Crippen LogP contribution is -2.34. The molecule has 1 fully saturated rings. The van der Waals surface area contributed by atoms with Crippen LogP contribution in [0.3, 0.4) is 0 Å². The SMILES string of the molecule is CCC1(CC)OS(=O)(=O)CC1=O. The van der Waals surface area contributed by atoms with Crippen LogP contribution in [0.2, 0.25) is 0 Å². The molecule has 0 bridgehead atoms. The van der Waals surface area contributed by atoms with E-state index in [0.717, 1.165) is 0 Å². The highest BCUT2D eigenvalue weighted by atomic mass is 32.2. The number of carbonyl (C=O) groups is 1. The van der Waals surface area contributed by atoms with E-state index in [9.17, 15) is 13.2 Å². The second kappa shape index (κ2) is 2.81. The number of rotatable bonds is 2. The molecule has 0 atom stereocenters. The predicted octanol–water partition coefficient (Wildman–Crippen LogP) is 0.474. The highest BCUT2D eigenvalue weighted by Gasteiger charge is 2.48. The molecule has 0 amide bonds. The molecule has 1 rings (SSSR count). The summed E-state index contributed by atoms with van der Waals surface area (Å²) in [5.41, 5.74) is -1.06. The zero-order valence-corrected chi connectivity index (χ0v) is 7.98. The van der Waals surface area contributed by atoms with Crippen molar-refractivity contribution in [1.82, 2.24) is 0 Å². The van der Waals surface area contributed by atoms with E-state index in [2.05, 4.69) is 0 Å². The second-order valence-electron chi connectivity index (χ2n) is 2.91. The molecule has 12 heavy (non-hydrogen) atoms. The van der Waals surface area contributed by atoms with E-state index in [1.165, 1.54) is 0 Å². The van der Waals surface area contributed by atoms with Gasteiger partial charge in [-0.25, -0.2) is 0 Å². The molecule has 0 radical (unpaired) electrons. The monoisotopic (exact) mass is 192 g/mol. The summed E-state index contributed by atoms with van der Waals surface area (Å²) < 4.78 is 26.6. The lowest BCUT2D eigenvalue weighted by molar-refractivity contribution is -0.129. The fourth-order valence-electron chi connectivity index (χ4n) is 1.37. The molecule has 1 heterocycles. The Morgan fingerprint density at radius 1 is 1.42 bits per heavy atom. The Hall–Kier alpha value is -0.420. The summed E-state index contributed by atoms with van der Waals surface area (Å²) in [5, 5.41) is 0. The third-order valence-electron chi connectivity index (χ3n) is 2.24. The van der Waals surface area contributed by atoms with Gasteiger partial charge in [0, 0.05) is 0 Å². The summed E-state index contributed by atoms with van der Waals surface area (Å²) in [6, 6.07) is 0. The number of hydrogen-bond acceptors (Lipinski definition) is 4. The molecular weight excluding hydrogens is 180 g/mol. The molecule has 0 saturated carbocycles. The van der Waals surface area contributed by atoms with Gasteiger partial charge in [0.2, 0.25) is 0 Å². The first-order valence-corrected chi connectivity index (χ1v) is 5.50. The van der Waals surface area contributed by atoms with Gasteiger partial charge in [-0.2, -0.15) is 8.42 Å². The quantitative estimate of drug-likeness (QED) is 0.597. The molecule has 0 spiro atoms. The van der Waals surface area contributed by atoms with Crippen molar-refractivity contribution in [3.8, 4) is 0 Å². The minimum absolute atomic E-state index is 0.312. The maximum Gasteiger partial charge on any atom is 0.275 e. The number of hydrogen-bond donors (Lipinski definition) is 0. The van der Waals surface area contributed by atoms with Gasteiger partial charge >= 0.3 is 0 Å². The lowest BCUT2D eigenvalue weighted by atomic mass is 9.93. The van der Waals surface area contributed by atoms with E-state index >= 15 is 0 Å². The summed E-state index contributed by atoms with van der Waals surface area (Å²) in [6.45, 7) is 3.50. The van der Waals surface area contributed by atoms with Crippen LogP contribution in [0.1, 0.15) is 26.7 Å². The minimum atomic E-state index is -3.58. The van der Waals surface area contributed by atoms with Crippen molar-refractivity contribution in [2.75, 3.05) is 5.75 Å². The van der Waals surface area contributed by atoms with Crippen molar-refractivity contribution in [3.63, 3.8) is 0 Å². The molecule has 5 heteroatoms. The van der Waals surface area contributed by atoms with Crippen molar-refractivity contribution >= 4 is 15.9 Å². The van der Waals surface area contributed by atoms with Crippen LogP contribution in [0.4, 0.5) is 0 Å². The van der Waals surface area contributed by atoms with Gasteiger partial charge in [0.05, 0.1) is 0 Å². The normalized spacial score (nSPS) is 26.0. The van der Waals surface area contributed by atoms with E-state index in [0.29, 0.717) is 12.8 Å².